The van der Waals surface area contributed by atoms with Gasteiger partial charge in [0.1, 0.15) is 23.0 Å². The van der Waals surface area contributed by atoms with Crippen molar-refractivity contribution < 1.29 is 9.47 Å². The van der Waals surface area contributed by atoms with Crippen LogP contribution in [0.15, 0.2) is 146 Å². The molecule has 418 valence electrons. The van der Waals surface area contributed by atoms with Gasteiger partial charge in [-0.05, 0) is 186 Å². The average Bonchev–Trinajstić information content (AvgIpc) is 1.32. The number of hydrogen-bond acceptors (Lipinski definition) is 2. The lowest BCUT2D eigenvalue weighted by atomic mass is 9.31. The van der Waals surface area contributed by atoms with Crippen LogP contribution < -0.4 is 42.3 Å². The molecule has 84 heavy (non-hydrogen) atoms. The molecule has 9 aromatic carbocycles. The summed E-state index contributed by atoms with van der Waals surface area (Å²) < 4.78 is 21.2. The lowest BCUT2D eigenvalue weighted by Crippen LogP contribution is -2.63. The molecular weight excluding hydrogens is 1020 g/mol. The van der Waals surface area contributed by atoms with Crippen LogP contribution in [-0.4, -0.2) is 22.6 Å². The van der Waals surface area contributed by atoms with Gasteiger partial charge in [-0.1, -0.05) is 194 Å². The molecule has 0 aliphatic carbocycles. The third-order valence-corrected chi connectivity index (χ3v) is 18.9. The number of nitrogens with zero attached hydrogens (tertiary/aromatic N) is 2. The van der Waals surface area contributed by atoms with E-state index in [1.54, 1.807) is 0 Å². The molecule has 0 N–H and O–H groups in total. The summed E-state index contributed by atoms with van der Waals surface area (Å²) in [6.07, 6.45) is 4.01. The van der Waals surface area contributed by atoms with E-state index < -0.39 is 0 Å². The number of benzene rings is 9. The monoisotopic (exact) mass is 1100 g/mol. The van der Waals surface area contributed by atoms with Crippen LogP contribution in [0.1, 0.15) is 130 Å². The Bertz CT molecular complexity index is 4280. The van der Waals surface area contributed by atoms with Gasteiger partial charge in [-0.15, -0.1) is 0 Å². The van der Waals surface area contributed by atoms with Crippen molar-refractivity contribution in [3.05, 3.63) is 179 Å². The van der Waals surface area contributed by atoms with Crippen LogP contribution in [0.3, 0.4) is 0 Å². The first-order valence-corrected chi connectivity index (χ1v) is 31.5. The van der Waals surface area contributed by atoms with Gasteiger partial charge in [0.15, 0.2) is 0 Å². The second-order valence-corrected chi connectivity index (χ2v) is 29.3. The van der Waals surface area contributed by atoms with Crippen LogP contribution >= 0.6 is 0 Å². The minimum Gasteiger partial charge on any atom is -0.456 e. The van der Waals surface area contributed by atoms with Crippen LogP contribution in [0.4, 0.5) is 0 Å². The molecule has 6 heterocycles. The molecule has 0 saturated carbocycles. The molecule has 0 saturated heterocycles. The highest BCUT2D eigenvalue weighted by molar-refractivity contribution is 7.02. The van der Waals surface area contributed by atoms with Crippen molar-refractivity contribution in [1.29, 1.82) is 0 Å². The van der Waals surface area contributed by atoms with Crippen molar-refractivity contribution in [1.82, 2.24) is 9.13 Å². The number of fused-ring (bicyclic) bond motifs is 16. The quantitative estimate of drug-likeness (QED) is 0.128. The first-order valence-electron chi connectivity index (χ1n) is 31.5. The lowest BCUT2D eigenvalue weighted by molar-refractivity contribution is 0.472. The van der Waals surface area contributed by atoms with Crippen LogP contribution in [0.25, 0.3) is 77.2 Å². The molecule has 0 bridgehead atoms. The molecule has 11 aromatic rings. The van der Waals surface area contributed by atoms with Crippen molar-refractivity contribution in [2.75, 3.05) is 0 Å². The SMILES string of the molecule is CC(C)Cc1ccc2c(c1)c1cc(CC(C)C)cc3c1n2-c1c2c4c(c5c1B3c1cc(-c3ccc(C(C)(C)C)cc3)ccc1O5)-n1c3ccc(CC(C)C)cc3c3cc(CC(C)C)cc(c31)B4c1cc(-c3ccc(C(C)(C)C)cc3)ccc1O2. The van der Waals surface area contributed by atoms with E-state index >= 15 is 0 Å². The van der Waals surface area contributed by atoms with Gasteiger partial charge in [-0.2, -0.15) is 0 Å². The van der Waals surface area contributed by atoms with Crippen LogP contribution in [-0.2, 0) is 36.5 Å². The number of hydrogen-bond donors (Lipinski definition) is 0. The highest BCUT2D eigenvalue weighted by atomic mass is 16.5. The van der Waals surface area contributed by atoms with E-state index in [9.17, 15) is 0 Å². The molecule has 0 fully saturated rings. The first-order chi connectivity index (χ1) is 40.2. The smallest absolute Gasteiger partial charge is 0.256 e. The van der Waals surface area contributed by atoms with Crippen molar-refractivity contribution in [3.8, 4) is 56.6 Å². The van der Waals surface area contributed by atoms with E-state index in [-0.39, 0.29) is 24.3 Å². The summed E-state index contributed by atoms with van der Waals surface area (Å²) in [7, 11) is 0. The van der Waals surface area contributed by atoms with Gasteiger partial charge in [0.25, 0.3) is 13.4 Å². The second kappa shape index (κ2) is 18.9. The molecule has 15 rings (SSSR count). The number of aromatic nitrogens is 2. The minimum atomic E-state index is -0.165. The Kier molecular flexibility index (Phi) is 11.9. The van der Waals surface area contributed by atoms with Gasteiger partial charge in [-0.25, -0.2) is 0 Å². The molecule has 0 amide bonds. The van der Waals surface area contributed by atoms with Gasteiger partial charge in [0.05, 0.1) is 22.4 Å². The molecule has 2 aromatic heterocycles. The van der Waals surface area contributed by atoms with E-state index in [0.29, 0.717) is 23.7 Å². The Morgan fingerprint density at radius 3 is 1.06 bits per heavy atom. The molecular formula is C78H78B2N2O2. The summed E-state index contributed by atoms with van der Waals surface area (Å²) in [5, 5.41) is 5.23. The molecule has 0 unspecified atom stereocenters. The molecule has 4 aliphatic heterocycles. The Hall–Kier alpha value is -7.69. The number of rotatable bonds is 10. The third-order valence-electron chi connectivity index (χ3n) is 18.9. The molecule has 4 nitrogen and oxygen atoms in total. The summed E-state index contributed by atoms with van der Waals surface area (Å²) >= 11 is 0. The van der Waals surface area contributed by atoms with Crippen molar-refractivity contribution in [2.24, 2.45) is 23.7 Å². The normalized spacial score (nSPS) is 13.9. The molecule has 4 aliphatic rings. The summed E-state index contributed by atoms with van der Waals surface area (Å²) in [5.41, 5.74) is 27.6. The van der Waals surface area contributed by atoms with E-state index in [2.05, 4.69) is 252 Å². The third kappa shape index (κ3) is 8.23. The fourth-order valence-corrected chi connectivity index (χ4v) is 15.4. The largest absolute Gasteiger partial charge is 0.456 e. The van der Waals surface area contributed by atoms with Gasteiger partial charge < -0.3 is 18.6 Å². The standard InChI is InChI=1S/C78H78B2N2O2/c1-43(2)31-47-15-27-65-57(35-47)59-37-49(33-45(5)6)39-63-71(59)81(65)73-69-76(84-67-29-21-53(41-61(67)79(63)69)51-17-23-55(24-18-51)77(9,10)11)74-70-75(73)83-68-30-22-54(52-19-25-56(26-20-52)78(12,13)14)42-62(68)80(70)64-40-50(34-46(7)8)38-60-58-36-48(32-44(3)4)16-28-66(58)82(74)72(60)64/h15-30,35-46H,31-34H2,1-14H3. The average molecular weight is 1100 g/mol. The fraction of sp³-hybridized carbons (Fsp3) is 0.308. The molecule has 6 heteroatoms. The predicted molar refractivity (Wildman–Crippen MR) is 360 cm³/mol. The van der Waals surface area contributed by atoms with E-state index in [4.69, 9.17) is 9.47 Å². The topological polar surface area (TPSA) is 28.3 Å². The first kappa shape index (κ1) is 53.1. The van der Waals surface area contributed by atoms with Gasteiger partial charge in [0, 0.05) is 43.5 Å². The van der Waals surface area contributed by atoms with Gasteiger partial charge >= 0.3 is 0 Å². The Morgan fingerprint density at radius 2 is 0.702 bits per heavy atom. The maximum Gasteiger partial charge on any atom is 0.256 e. The van der Waals surface area contributed by atoms with Gasteiger partial charge in [-0.3, -0.25) is 0 Å². The Balaban J connectivity index is 1.10. The molecule has 0 radical (unpaired) electrons. The summed E-state index contributed by atoms with van der Waals surface area (Å²) in [5.74, 6) is 5.70. The highest BCUT2D eigenvalue weighted by Crippen LogP contribution is 2.49. The van der Waals surface area contributed by atoms with Crippen LogP contribution in [0, 0.1) is 23.7 Å². The highest BCUT2D eigenvalue weighted by Gasteiger charge is 2.51. The lowest BCUT2D eigenvalue weighted by Gasteiger charge is -2.41. The Morgan fingerprint density at radius 1 is 0.357 bits per heavy atom. The van der Waals surface area contributed by atoms with E-state index in [0.717, 1.165) is 60.1 Å². The van der Waals surface area contributed by atoms with Gasteiger partial charge in [0.2, 0.25) is 0 Å². The summed E-state index contributed by atoms with van der Waals surface area (Å²) in [4.78, 5) is 0. The zero-order chi connectivity index (χ0) is 58.2. The second-order valence-electron chi connectivity index (χ2n) is 29.3. The zero-order valence-corrected chi connectivity index (χ0v) is 51.9. The van der Waals surface area contributed by atoms with Crippen molar-refractivity contribution >= 4 is 89.8 Å². The minimum absolute atomic E-state index is 0.0520. The van der Waals surface area contributed by atoms with E-state index in [1.807, 2.05) is 0 Å². The maximum absolute atomic E-state index is 7.95. The fourth-order valence-electron chi connectivity index (χ4n) is 15.4. The van der Waals surface area contributed by atoms with Crippen LogP contribution in [0.2, 0.25) is 0 Å². The van der Waals surface area contributed by atoms with Crippen LogP contribution in [0.5, 0.6) is 23.0 Å². The zero-order valence-electron chi connectivity index (χ0n) is 51.9. The van der Waals surface area contributed by atoms with Crippen molar-refractivity contribution in [3.63, 3.8) is 0 Å². The number of ether oxygens (including phenoxy) is 2. The molecule has 0 atom stereocenters. The molecule has 0 spiro atoms. The van der Waals surface area contributed by atoms with E-state index in [1.165, 1.54) is 132 Å². The Labute approximate surface area is 498 Å². The summed E-state index contributed by atoms with van der Waals surface area (Å²) in [6.45, 7) is 32.2. The van der Waals surface area contributed by atoms with Crippen molar-refractivity contribution in [2.45, 2.75) is 133 Å². The predicted octanol–water partition coefficient (Wildman–Crippen LogP) is 16.5. The summed E-state index contributed by atoms with van der Waals surface area (Å²) in [6, 6.07) is 57.5. The maximum atomic E-state index is 7.95.